The SMILES string of the molecule is COCc1cc(C(=O)NC2CCCC2)cc(S(N)(=O)=O)c1. The minimum atomic E-state index is -3.86. The number of carbonyl (C=O) groups is 1. The van der Waals surface area contributed by atoms with E-state index in [-0.39, 0.29) is 23.5 Å². The van der Waals surface area contributed by atoms with E-state index in [4.69, 9.17) is 9.88 Å². The lowest BCUT2D eigenvalue weighted by Crippen LogP contribution is -2.32. The molecule has 1 aromatic rings. The second kappa shape index (κ2) is 6.55. The molecule has 1 amide bonds. The fourth-order valence-electron chi connectivity index (χ4n) is 2.54. The molecule has 1 aliphatic carbocycles. The molecule has 0 unspecified atom stereocenters. The first-order valence-electron chi connectivity index (χ1n) is 6.86. The first-order chi connectivity index (χ1) is 9.90. The summed E-state index contributed by atoms with van der Waals surface area (Å²) in [6, 6.07) is 4.52. The van der Waals surface area contributed by atoms with E-state index in [1.54, 1.807) is 6.07 Å². The molecule has 0 aliphatic heterocycles. The van der Waals surface area contributed by atoms with E-state index >= 15 is 0 Å². The molecule has 0 heterocycles. The molecule has 1 saturated carbocycles. The lowest BCUT2D eigenvalue weighted by Gasteiger charge is -2.13. The molecule has 1 fully saturated rings. The van der Waals surface area contributed by atoms with Gasteiger partial charge >= 0.3 is 0 Å². The molecule has 7 heteroatoms. The van der Waals surface area contributed by atoms with Gasteiger partial charge in [0.15, 0.2) is 0 Å². The Morgan fingerprint density at radius 3 is 2.57 bits per heavy atom. The van der Waals surface area contributed by atoms with Crippen LogP contribution in [0.15, 0.2) is 23.1 Å². The number of sulfonamides is 1. The molecule has 21 heavy (non-hydrogen) atoms. The van der Waals surface area contributed by atoms with E-state index in [0.29, 0.717) is 11.1 Å². The highest BCUT2D eigenvalue weighted by atomic mass is 32.2. The Hall–Kier alpha value is -1.44. The molecule has 0 spiro atoms. The summed E-state index contributed by atoms with van der Waals surface area (Å²) in [4.78, 5) is 12.2. The van der Waals surface area contributed by atoms with Gasteiger partial charge in [0.2, 0.25) is 10.0 Å². The van der Waals surface area contributed by atoms with Crippen molar-refractivity contribution in [2.75, 3.05) is 7.11 Å². The third kappa shape index (κ3) is 4.26. The number of hydrogen-bond donors (Lipinski definition) is 2. The number of benzene rings is 1. The Bertz CT molecular complexity index is 622. The molecule has 0 aromatic heterocycles. The van der Waals surface area contributed by atoms with Crippen molar-refractivity contribution in [2.24, 2.45) is 5.14 Å². The topological polar surface area (TPSA) is 98.5 Å². The predicted molar refractivity (Wildman–Crippen MR) is 78.3 cm³/mol. The van der Waals surface area contributed by atoms with Crippen LogP contribution < -0.4 is 10.5 Å². The normalized spacial score (nSPS) is 16.1. The second-order valence-electron chi connectivity index (χ2n) is 5.30. The minimum absolute atomic E-state index is 0.0754. The molecular weight excluding hydrogens is 292 g/mol. The van der Waals surface area contributed by atoms with Gasteiger partial charge in [0.1, 0.15) is 0 Å². The number of carbonyl (C=O) groups excluding carboxylic acids is 1. The van der Waals surface area contributed by atoms with Crippen molar-refractivity contribution >= 4 is 15.9 Å². The summed E-state index contributed by atoms with van der Waals surface area (Å²) in [6.45, 7) is 0.215. The number of methoxy groups -OCH3 is 1. The molecular formula is C14H20N2O4S. The maximum Gasteiger partial charge on any atom is 0.251 e. The molecule has 116 valence electrons. The van der Waals surface area contributed by atoms with Crippen molar-refractivity contribution in [2.45, 2.75) is 43.2 Å². The van der Waals surface area contributed by atoms with Crippen LogP contribution in [0.5, 0.6) is 0 Å². The molecule has 1 aliphatic rings. The van der Waals surface area contributed by atoms with Crippen LogP contribution in [0, 0.1) is 0 Å². The van der Waals surface area contributed by atoms with E-state index in [0.717, 1.165) is 25.7 Å². The van der Waals surface area contributed by atoms with Gasteiger partial charge in [0.25, 0.3) is 5.91 Å². The van der Waals surface area contributed by atoms with Crippen LogP contribution in [-0.4, -0.2) is 27.5 Å². The Kier molecular flexibility index (Phi) is 4.97. The highest BCUT2D eigenvalue weighted by molar-refractivity contribution is 7.89. The van der Waals surface area contributed by atoms with Crippen LogP contribution in [-0.2, 0) is 21.4 Å². The smallest absolute Gasteiger partial charge is 0.251 e. The number of nitrogens with two attached hydrogens (primary N) is 1. The van der Waals surface area contributed by atoms with Crippen molar-refractivity contribution in [3.8, 4) is 0 Å². The summed E-state index contributed by atoms with van der Waals surface area (Å²) in [7, 11) is -2.36. The third-order valence-electron chi connectivity index (χ3n) is 3.56. The van der Waals surface area contributed by atoms with Gasteiger partial charge in [0, 0.05) is 18.7 Å². The Morgan fingerprint density at radius 2 is 2.00 bits per heavy atom. The summed E-state index contributed by atoms with van der Waals surface area (Å²) in [6.07, 6.45) is 4.14. The molecule has 0 bridgehead atoms. The summed E-state index contributed by atoms with van der Waals surface area (Å²) in [5.74, 6) is -0.273. The summed E-state index contributed by atoms with van der Waals surface area (Å²) < 4.78 is 28.0. The van der Waals surface area contributed by atoms with Crippen molar-refractivity contribution < 1.29 is 17.9 Å². The van der Waals surface area contributed by atoms with Gasteiger partial charge in [-0.15, -0.1) is 0 Å². The van der Waals surface area contributed by atoms with Gasteiger partial charge in [-0.05, 0) is 36.6 Å². The zero-order valence-corrected chi connectivity index (χ0v) is 12.8. The molecule has 2 rings (SSSR count). The first kappa shape index (κ1) is 15.9. The van der Waals surface area contributed by atoms with Crippen LogP contribution >= 0.6 is 0 Å². The van der Waals surface area contributed by atoms with E-state index in [2.05, 4.69) is 5.32 Å². The number of hydrogen-bond acceptors (Lipinski definition) is 4. The molecule has 3 N–H and O–H groups in total. The Morgan fingerprint density at radius 1 is 1.33 bits per heavy atom. The first-order valence-corrected chi connectivity index (χ1v) is 8.41. The standard InChI is InChI=1S/C14H20N2O4S/c1-20-9-10-6-11(8-13(7-10)21(15,18)19)14(17)16-12-4-2-3-5-12/h6-8,12H,2-5,9H2,1H3,(H,16,17)(H2,15,18,19). The predicted octanol–water partition coefficient (Wildman–Crippen LogP) is 1.15. The highest BCUT2D eigenvalue weighted by Gasteiger charge is 2.20. The average Bonchev–Trinajstić information content (AvgIpc) is 2.90. The lowest BCUT2D eigenvalue weighted by molar-refractivity contribution is 0.0937. The van der Waals surface area contributed by atoms with E-state index < -0.39 is 10.0 Å². The van der Waals surface area contributed by atoms with Crippen molar-refractivity contribution in [3.63, 3.8) is 0 Å². The number of rotatable bonds is 5. The monoisotopic (exact) mass is 312 g/mol. The number of amides is 1. The molecule has 0 radical (unpaired) electrons. The largest absolute Gasteiger partial charge is 0.380 e. The Labute approximate surface area is 124 Å². The zero-order chi connectivity index (χ0) is 15.5. The van der Waals surface area contributed by atoms with Crippen LogP contribution in [0.2, 0.25) is 0 Å². The zero-order valence-electron chi connectivity index (χ0n) is 12.0. The molecule has 0 saturated heterocycles. The second-order valence-corrected chi connectivity index (χ2v) is 6.86. The highest BCUT2D eigenvalue weighted by Crippen LogP contribution is 2.19. The number of primary sulfonamides is 1. The van der Waals surface area contributed by atoms with Crippen LogP contribution in [0.1, 0.15) is 41.6 Å². The molecule has 6 nitrogen and oxygen atoms in total. The average molecular weight is 312 g/mol. The van der Waals surface area contributed by atoms with Crippen LogP contribution in [0.25, 0.3) is 0 Å². The third-order valence-corrected chi connectivity index (χ3v) is 4.45. The quantitative estimate of drug-likeness (QED) is 0.852. The number of ether oxygens (including phenoxy) is 1. The van der Waals surface area contributed by atoms with Crippen LogP contribution in [0.3, 0.4) is 0 Å². The van der Waals surface area contributed by atoms with Crippen molar-refractivity contribution in [1.29, 1.82) is 0 Å². The van der Waals surface area contributed by atoms with E-state index in [9.17, 15) is 13.2 Å². The lowest BCUT2D eigenvalue weighted by atomic mass is 10.1. The maximum atomic E-state index is 12.2. The van der Waals surface area contributed by atoms with Gasteiger partial charge in [-0.2, -0.15) is 0 Å². The number of nitrogens with one attached hydrogen (secondary N) is 1. The van der Waals surface area contributed by atoms with Gasteiger partial charge in [0.05, 0.1) is 11.5 Å². The van der Waals surface area contributed by atoms with E-state index in [1.165, 1.54) is 19.2 Å². The summed E-state index contributed by atoms with van der Waals surface area (Å²) in [5.41, 5.74) is 0.890. The fourth-order valence-corrected chi connectivity index (χ4v) is 3.15. The van der Waals surface area contributed by atoms with Crippen molar-refractivity contribution in [1.82, 2.24) is 5.32 Å². The minimum Gasteiger partial charge on any atom is -0.380 e. The van der Waals surface area contributed by atoms with Gasteiger partial charge < -0.3 is 10.1 Å². The van der Waals surface area contributed by atoms with E-state index in [1.807, 2.05) is 0 Å². The maximum absolute atomic E-state index is 12.2. The molecule has 0 atom stereocenters. The summed E-state index contributed by atoms with van der Waals surface area (Å²) >= 11 is 0. The Balaban J connectivity index is 2.28. The molecule has 1 aromatic carbocycles. The fraction of sp³-hybridized carbons (Fsp3) is 0.500. The van der Waals surface area contributed by atoms with Gasteiger partial charge in [-0.1, -0.05) is 12.8 Å². The summed E-state index contributed by atoms with van der Waals surface area (Å²) in [5, 5.41) is 8.08. The van der Waals surface area contributed by atoms with Crippen molar-refractivity contribution in [3.05, 3.63) is 29.3 Å². The van der Waals surface area contributed by atoms with Gasteiger partial charge in [-0.25, -0.2) is 13.6 Å². The van der Waals surface area contributed by atoms with Crippen LogP contribution in [0.4, 0.5) is 0 Å². The van der Waals surface area contributed by atoms with Gasteiger partial charge in [-0.3, -0.25) is 4.79 Å².